The maximum atomic E-state index is 13.5. The molecule has 0 bridgehead atoms. The molecule has 184 valence electrons. The number of methoxy groups -OCH3 is 2. The Labute approximate surface area is 204 Å². The Morgan fingerprint density at radius 2 is 1.66 bits per heavy atom. The summed E-state index contributed by atoms with van der Waals surface area (Å²) in [5.74, 6) is 1.51. The minimum Gasteiger partial charge on any atom is -0.493 e. The maximum absolute atomic E-state index is 13.5. The van der Waals surface area contributed by atoms with Gasteiger partial charge in [0.2, 0.25) is 5.91 Å². The first-order chi connectivity index (χ1) is 16.9. The molecule has 0 unspecified atom stereocenters. The molecule has 0 spiro atoms. The van der Waals surface area contributed by atoms with Crippen molar-refractivity contribution >= 4 is 21.6 Å². The number of hydrogen-bond donors (Lipinski definition) is 1. The molecule has 10 heteroatoms. The van der Waals surface area contributed by atoms with Crippen molar-refractivity contribution in [2.45, 2.75) is 11.0 Å². The fraction of sp³-hybridized carbons (Fsp3) is 0.240. The maximum Gasteiger partial charge on any atom is 0.264 e. The van der Waals surface area contributed by atoms with Gasteiger partial charge >= 0.3 is 0 Å². The van der Waals surface area contributed by atoms with E-state index in [1.807, 2.05) is 12.1 Å². The Balaban J connectivity index is 1.53. The van der Waals surface area contributed by atoms with Gasteiger partial charge in [0.25, 0.3) is 10.0 Å². The van der Waals surface area contributed by atoms with Gasteiger partial charge in [-0.05, 0) is 36.4 Å². The van der Waals surface area contributed by atoms with E-state index < -0.39 is 28.6 Å². The second-order valence-electron chi connectivity index (χ2n) is 7.67. The van der Waals surface area contributed by atoms with E-state index in [9.17, 15) is 13.2 Å². The first-order valence-electron chi connectivity index (χ1n) is 10.9. The summed E-state index contributed by atoms with van der Waals surface area (Å²) in [4.78, 5) is 13.0. The molecular formula is C25H26N2O7S. The molecule has 0 radical (unpaired) electrons. The van der Waals surface area contributed by atoms with Crippen molar-refractivity contribution in [3.05, 3.63) is 72.8 Å². The van der Waals surface area contributed by atoms with Crippen molar-refractivity contribution in [1.29, 1.82) is 0 Å². The monoisotopic (exact) mass is 498 g/mol. The molecule has 1 aliphatic rings. The summed E-state index contributed by atoms with van der Waals surface area (Å²) in [5, 5.41) is 2.75. The van der Waals surface area contributed by atoms with Crippen molar-refractivity contribution in [1.82, 2.24) is 5.32 Å². The summed E-state index contributed by atoms with van der Waals surface area (Å²) in [6.07, 6.45) is -0.408. The van der Waals surface area contributed by atoms with Crippen molar-refractivity contribution in [3.63, 3.8) is 0 Å². The van der Waals surface area contributed by atoms with Crippen molar-refractivity contribution < 1.29 is 32.2 Å². The van der Waals surface area contributed by atoms with Gasteiger partial charge in [-0.25, -0.2) is 8.42 Å². The topological polar surface area (TPSA) is 103 Å². The van der Waals surface area contributed by atoms with E-state index in [1.165, 1.54) is 32.4 Å². The molecule has 35 heavy (non-hydrogen) atoms. The molecule has 1 aliphatic heterocycles. The van der Waals surface area contributed by atoms with Gasteiger partial charge in [0.1, 0.15) is 19.3 Å². The molecule has 0 fully saturated rings. The zero-order chi connectivity index (χ0) is 24.8. The van der Waals surface area contributed by atoms with Gasteiger partial charge < -0.3 is 24.3 Å². The smallest absolute Gasteiger partial charge is 0.264 e. The van der Waals surface area contributed by atoms with Crippen LogP contribution in [0.5, 0.6) is 23.0 Å². The van der Waals surface area contributed by atoms with E-state index in [0.29, 0.717) is 23.0 Å². The molecule has 1 amide bonds. The lowest BCUT2D eigenvalue weighted by molar-refractivity contribution is -0.120. The van der Waals surface area contributed by atoms with E-state index in [1.54, 1.807) is 42.5 Å². The summed E-state index contributed by atoms with van der Waals surface area (Å²) in [7, 11) is -1.12. The molecular weight excluding hydrogens is 472 g/mol. The third kappa shape index (κ3) is 5.43. The molecule has 1 heterocycles. The van der Waals surface area contributed by atoms with Gasteiger partial charge in [-0.2, -0.15) is 0 Å². The first-order valence-corrected chi connectivity index (χ1v) is 12.3. The van der Waals surface area contributed by atoms with Crippen molar-refractivity contribution in [2.24, 2.45) is 0 Å². The Bertz CT molecular complexity index is 1280. The number of carbonyl (C=O) groups excluding carboxylic acids is 1. The minimum absolute atomic E-state index is 0.0585. The molecule has 4 rings (SSSR count). The van der Waals surface area contributed by atoms with Crippen LogP contribution in [0.3, 0.4) is 0 Å². The number of rotatable bonds is 9. The SMILES string of the molecule is COc1ccc(N(CC(=O)NC[C@H]2COc3ccccc3O2)S(=O)(=O)c2ccccc2)cc1OC. The lowest BCUT2D eigenvalue weighted by atomic mass is 10.2. The average molecular weight is 499 g/mol. The van der Waals surface area contributed by atoms with Crippen LogP contribution in [0.1, 0.15) is 0 Å². The quantitative estimate of drug-likeness (QED) is 0.484. The number of benzene rings is 3. The molecule has 0 saturated carbocycles. The predicted molar refractivity (Wildman–Crippen MR) is 130 cm³/mol. The fourth-order valence-electron chi connectivity index (χ4n) is 3.59. The number of nitrogens with one attached hydrogen (secondary N) is 1. The summed E-state index contributed by atoms with van der Waals surface area (Å²) in [5.41, 5.74) is 0.257. The lowest BCUT2D eigenvalue weighted by Gasteiger charge is -2.27. The number of ether oxygens (including phenoxy) is 4. The predicted octanol–water partition coefficient (Wildman–Crippen LogP) is 2.86. The highest BCUT2D eigenvalue weighted by atomic mass is 32.2. The van der Waals surface area contributed by atoms with Gasteiger partial charge in [-0.3, -0.25) is 9.10 Å². The van der Waals surface area contributed by atoms with Crippen molar-refractivity contribution in [3.8, 4) is 23.0 Å². The fourth-order valence-corrected chi connectivity index (χ4v) is 5.03. The van der Waals surface area contributed by atoms with Crippen LogP contribution in [0, 0.1) is 0 Å². The van der Waals surface area contributed by atoms with Gasteiger partial charge in [0, 0.05) is 6.07 Å². The number of carbonyl (C=O) groups is 1. The Morgan fingerprint density at radius 3 is 2.37 bits per heavy atom. The number of fused-ring (bicyclic) bond motifs is 1. The summed E-state index contributed by atoms with van der Waals surface area (Å²) in [6, 6.07) is 19.9. The average Bonchev–Trinajstić information content (AvgIpc) is 2.90. The van der Waals surface area contributed by atoms with Crippen LogP contribution >= 0.6 is 0 Å². The number of nitrogens with zero attached hydrogens (tertiary/aromatic N) is 1. The van der Waals surface area contributed by atoms with E-state index in [4.69, 9.17) is 18.9 Å². The highest BCUT2D eigenvalue weighted by molar-refractivity contribution is 7.92. The largest absolute Gasteiger partial charge is 0.493 e. The number of hydrogen-bond acceptors (Lipinski definition) is 7. The van der Waals surface area contributed by atoms with Crippen LogP contribution in [0.2, 0.25) is 0 Å². The highest BCUT2D eigenvalue weighted by Gasteiger charge is 2.29. The standard InChI is InChI=1S/C25H26N2O7S/c1-31-21-13-12-18(14-24(21)32-2)27(35(29,30)20-8-4-3-5-9-20)16-25(28)26-15-19-17-33-22-10-6-7-11-23(22)34-19/h3-14,19H,15-17H2,1-2H3,(H,26,28)/t19-/m0/s1. The van der Waals surface area contributed by atoms with Crippen LogP contribution in [0.15, 0.2) is 77.7 Å². The summed E-state index contributed by atoms with van der Waals surface area (Å²) < 4.78 is 50.1. The Hall–Kier alpha value is -3.92. The third-order valence-corrected chi connectivity index (χ3v) is 7.16. The molecule has 3 aromatic carbocycles. The van der Waals surface area contributed by atoms with E-state index in [-0.39, 0.29) is 23.7 Å². The first kappa shape index (κ1) is 24.2. The molecule has 0 aliphatic carbocycles. The second kappa shape index (κ2) is 10.6. The van der Waals surface area contributed by atoms with Crippen LogP contribution < -0.4 is 28.6 Å². The van der Waals surface area contributed by atoms with Gasteiger partial charge in [0.05, 0.1) is 31.3 Å². The van der Waals surface area contributed by atoms with Crippen LogP contribution in [-0.2, 0) is 14.8 Å². The van der Waals surface area contributed by atoms with Crippen LogP contribution in [0.25, 0.3) is 0 Å². The Kier molecular flexibility index (Phi) is 7.31. The van der Waals surface area contributed by atoms with Crippen molar-refractivity contribution in [2.75, 3.05) is 38.2 Å². The molecule has 3 aromatic rings. The van der Waals surface area contributed by atoms with E-state index in [2.05, 4.69) is 5.32 Å². The third-order valence-electron chi connectivity index (χ3n) is 5.37. The van der Waals surface area contributed by atoms with Gasteiger partial charge in [-0.1, -0.05) is 30.3 Å². The molecule has 1 atom stereocenters. The number of anilines is 1. The van der Waals surface area contributed by atoms with E-state index >= 15 is 0 Å². The van der Waals surface area contributed by atoms with Gasteiger partial charge in [0.15, 0.2) is 23.0 Å². The minimum atomic E-state index is -4.06. The van der Waals surface area contributed by atoms with E-state index in [0.717, 1.165) is 4.31 Å². The molecule has 1 N–H and O–H groups in total. The zero-order valence-corrected chi connectivity index (χ0v) is 20.2. The molecule has 0 aromatic heterocycles. The molecule has 0 saturated heterocycles. The Morgan fingerprint density at radius 1 is 0.971 bits per heavy atom. The molecule has 9 nitrogen and oxygen atoms in total. The van der Waals surface area contributed by atoms with Crippen LogP contribution in [-0.4, -0.2) is 54.3 Å². The lowest BCUT2D eigenvalue weighted by Crippen LogP contribution is -2.45. The summed E-state index contributed by atoms with van der Waals surface area (Å²) in [6.45, 7) is -0.0335. The normalized spacial score (nSPS) is 14.6. The highest BCUT2D eigenvalue weighted by Crippen LogP contribution is 2.34. The number of para-hydroxylation sites is 2. The number of sulfonamides is 1. The second-order valence-corrected chi connectivity index (χ2v) is 9.53. The number of amides is 1. The zero-order valence-electron chi connectivity index (χ0n) is 19.3. The summed E-state index contributed by atoms with van der Waals surface area (Å²) >= 11 is 0. The van der Waals surface area contributed by atoms with Crippen LogP contribution in [0.4, 0.5) is 5.69 Å². The van der Waals surface area contributed by atoms with Gasteiger partial charge in [-0.15, -0.1) is 0 Å².